The predicted molar refractivity (Wildman–Crippen MR) is 106 cm³/mol. The van der Waals surface area contributed by atoms with Crippen molar-refractivity contribution in [2.45, 2.75) is 0 Å². The molecule has 8 nitrogen and oxygen atoms in total. The maximum absolute atomic E-state index is 12.7. The number of phenolic OH excluding ortho intramolecular Hbond substituents is 1. The molecule has 2 aromatic rings. The molecule has 140 valence electrons. The van der Waals surface area contributed by atoms with Gasteiger partial charge in [-0.1, -0.05) is 6.07 Å². The van der Waals surface area contributed by atoms with Crippen LogP contribution in [0.1, 0.15) is 20.7 Å². The smallest absolute Gasteiger partial charge is 0.270 e. The number of phenols is 1. The van der Waals surface area contributed by atoms with Crippen molar-refractivity contribution in [1.82, 2.24) is 9.80 Å². The third-order valence-electron chi connectivity index (χ3n) is 4.34. The van der Waals surface area contributed by atoms with E-state index in [2.05, 4.69) is 0 Å². The molecule has 2 amide bonds. The summed E-state index contributed by atoms with van der Waals surface area (Å²) in [6, 6.07) is 10.3. The fourth-order valence-electron chi connectivity index (χ4n) is 2.90. The van der Waals surface area contributed by atoms with Crippen molar-refractivity contribution in [1.29, 1.82) is 0 Å². The van der Waals surface area contributed by atoms with E-state index >= 15 is 0 Å². The van der Waals surface area contributed by atoms with Gasteiger partial charge in [0.1, 0.15) is 5.75 Å². The van der Waals surface area contributed by atoms with Crippen molar-refractivity contribution in [2.75, 3.05) is 26.2 Å². The van der Waals surface area contributed by atoms with Gasteiger partial charge in [-0.3, -0.25) is 19.7 Å². The largest absolute Gasteiger partial charge is 0.508 e. The molecule has 1 fully saturated rings. The third kappa shape index (κ3) is 4.18. The summed E-state index contributed by atoms with van der Waals surface area (Å²) < 4.78 is 0.519. The van der Waals surface area contributed by atoms with Gasteiger partial charge in [0.2, 0.25) is 0 Å². The number of amides is 2. The van der Waals surface area contributed by atoms with Gasteiger partial charge in [-0.15, -0.1) is 0 Å². The van der Waals surface area contributed by atoms with Crippen molar-refractivity contribution < 1.29 is 19.6 Å². The summed E-state index contributed by atoms with van der Waals surface area (Å²) in [5, 5.41) is 20.3. The van der Waals surface area contributed by atoms with Gasteiger partial charge in [0.15, 0.2) is 0 Å². The first-order chi connectivity index (χ1) is 12.9. The highest BCUT2D eigenvalue weighted by Gasteiger charge is 2.27. The second-order valence-corrected chi connectivity index (χ2v) is 7.22. The zero-order chi connectivity index (χ0) is 19.6. The summed E-state index contributed by atoms with van der Waals surface area (Å²) >= 11 is 1.92. The van der Waals surface area contributed by atoms with E-state index in [4.69, 9.17) is 0 Å². The summed E-state index contributed by atoms with van der Waals surface area (Å²) in [5.41, 5.74) is 0.756. The number of hydrogen-bond acceptors (Lipinski definition) is 5. The van der Waals surface area contributed by atoms with Gasteiger partial charge < -0.3 is 14.9 Å². The van der Waals surface area contributed by atoms with Crippen LogP contribution >= 0.6 is 22.6 Å². The Morgan fingerprint density at radius 2 is 1.63 bits per heavy atom. The van der Waals surface area contributed by atoms with Gasteiger partial charge in [0.05, 0.1) is 10.5 Å². The van der Waals surface area contributed by atoms with E-state index in [0.29, 0.717) is 40.9 Å². The second-order valence-electron chi connectivity index (χ2n) is 6.06. The van der Waals surface area contributed by atoms with E-state index in [-0.39, 0.29) is 23.3 Å². The van der Waals surface area contributed by atoms with Crippen molar-refractivity contribution in [2.24, 2.45) is 0 Å². The van der Waals surface area contributed by atoms with E-state index < -0.39 is 4.92 Å². The SMILES string of the molecule is O=C(c1cccc(O)c1)N1CCN(C(=O)c2ccc([N+](=O)[O-])cc2I)CC1. The van der Waals surface area contributed by atoms with Crippen LogP contribution in [0.5, 0.6) is 5.75 Å². The maximum Gasteiger partial charge on any atom is 0.270 e. The van der Waals surface area contributed by atoms with Crippen molar-refractivity contribution >= 4 is 40.1 Å². The number of nitro benzene ring substituents is 1. The highest BCUT2D eigenvalue weighted by molar-refractivity contribution is 14.1. The number of nitrogens with zero attached hydrogens (tertiary/aromatic N) is 3. The number of hydrogen-bond donors (Lipinski definition) is 1. The molecule has 1 N–H and O–H groups in total. The summed E-state index contributed by atoms with van der Waals surface area (Å²) in [4.78, 5) is 38.8. The Kier molecular flexibility index (Phi) is 5.59. The molecule has 9 heteroatoms. The monoisotopic (exact) mass is 481 g/mol. The number of benzene rings is 2. The third-order valence-corrected chi connectivity index (χ3v) is 5.23. The minimum Gasteiger partial charge on any atom is -0.508 e. The lowest BCUT2D eigenvalue weighted by atomic mass is 10.1. The quantitative estimate of drug-likeness (QED) is 0.412. The molecule has 2 aromatic carbocycles. The highest BCUT2D eigenvalue weighted by atomic mass is 127. The Morgan fingerprint density at radius 3 is 2.19 bits per heavy atom. The van der Waals surface area contributed by atoms with Crippen LogP contribution in [0.2, 0.25) is 0 Å². The Hall–Kier alpha value is -2.69. The van der Waals surface area contributed by atoms with Crippen LogP contribution < -0.4 is 0 Å². The molecule has 0 atom stereocenters. The van der Waals surface area contributed by atoms with Gasteiger partial charge in [-0.05, 0) is 46.9 Å². The number of halogens is 1. The average molecular weight is 481 g/mol. The Balaban J connectivity index is 1.66. The van der Waals surface area contributed by atoms with Crippen LogP contribution in [-0.2, 0) is 0 Å². The first-order valence-electron chi connectivity index (χ1n) is 8.18. The van der Waals surface area contributed by atoms with E-state index in [1.54, 1.807) is 21.9 Å². The lowest BCUT2D eigenvalue weighted by Gasteiger charge is -2.35. The lowest BCUT2D eigenvalue weighted by Crippen LogP contribution is -2.50. The number of non-ortho nitro benzene ring substituents is 1. The van der Waals surface area contributed by atoms with Gasteiger partial charge in [-0.25, -0.2) is 0 Å². The molecule has 1 saturated heterocycles. The molecule has 27 heavy (non-hydrogen) atoms. The molecule has 0 aromatic heterocycles. The van der Waals surface area contributed by atoms with E-state index in [0.717, 1.165) is 0 Å². The minimum atomic E-state index is -0.498. The van der Waals surface area contributed by atoms with Crippen LogP contribution in [0.15, 0.2) is 42.5 Å². The first kappa shape index (κ1) is 19.1. The number of carbonyl (C=O) groups excluding carboxylic acids is 2. The second kappa shape index (κ2) is 7.91. The zero-order valence-corrected chi connectivity index (χ0v) is 16.3. The predicted octanol–water partition coefficient (Wildman–Crippen LogP) is 2.50. The molecule has 1 heterocycles. The molecule has 1 aliphatic heterocycles. The summed E-state index contributed by atoms with van der Waals surface area (Å²) in [5.74, 6) is -0.371. The van der Waals surface area contributed by atoms with E-state index in [1.807, 2.05) is 22.6 Å². The molecule has 3 rings (SSSR count). The summed E-state index contributed by atoms with van der Waals surface area (Å²) in [6.45, 7) is 1.50. The molecule has 0 aliphatic carbocycles. The highest BCUT2D eigenvalue weighted by Crippen LogP contribution is 2.22. The summed E-state index contributed by atoms with van der Waals surface area (Å²) in [7, 11) is 0. The molecule has 0 radical (unpaired) electrons. The lowest BCUT2D eigenvalue weighted by molar-refractivity contribution is -0.384. The average Bonchev–Trinajstić information content (AvgIpc) is 2.67. The Bertz CT molecular complexity index is 910. The number of rotatable bonds is 3. The van der Waals surface area contributed by atoms with Gasteiger partial charge in [0, 0.05) is 47.4 Å². The molecular weight excluding hydrogens is 465 g/mol. The molecule has 0 unspecified atom stereocenters. The summed E-state index contributed by atoms with van der Waals surface area (Å²) in [6.07, 6.45) is 0. The van der Waals surface area contributed by atoms with Gasteiger partial charge >= 0.3 is 0 Å². The van der Waals surface area contributed by atoms with Crippen molar-refractivity contribution in [3.8, 4) is 5.75 Å². The number of carbonyl (C=O) groups is 2. The zero-order valence-electron chi connectivity index (χ0n) is 14.2. The fourth-order valence-corrected chi connectivity index (χ4v) is 3.63. The number of aromatic hydroxyl groups is 1. The number of piperazine rings is 1. The maximum atomic E-state index is 12.7. The fraction of sp³-hybridized carbons (Fsp3) is 0.222. The molecular formula is C18H16IN3O5. The van der Waals surface area contributed by atoms with Crippen LogP contribution in [0.3, 0.4) is 0 Å². The van der Waals surface area contributed by atoms with Crippen molar-refractivity contribution in [3.05, 3.63) is 67.3 Å². The van der Waals surface area contributed by atoms with Crippen LogP contribution in [0.4, 0.5) is 5.69 Å². The molecule has 1 aliphatic rings. The first-order valence-corrected chi connectivity index (χ1v) is 9.26. The molecule has 0 bridgehead atoms. The van der Waals surface area contributed by atoms with Crippen molar-refractivity contribution in [3.63, 3.8) is 0 Å². The minimum absolute atomic E-state index is 0.0300. The standard InChI is InChI=1S/C18H16IN3O5/c19-16-11-13(22(26)27)4-5-15(16)18(25)21-8-6-20(7-9-21)17(24)12-2-1-3-14(23)10-12/h1-5,10-11,23H,6-9H2. The Labute approximate surface area is 168 Å². The van der Waals surface area contributed by atoms with E-state index in [1.165, 1.54) is 30.3 Å². The topological polar surface area (TPSA) is 104 Å². The van der Waals surface area contributed by atoms with Gasteiger partial charge in [-0.2, -0.15) is 0 Å². The normalized spacial score (nSPS) is 14.1. The van der Waals surface area contributed by atoms with Crippen LogP contribution in [-0.4, -0.2) is 57.8 Å². The van der Waals surface area contributed by atoms with E-state index in [9.17, 15) is 24.8 Å². The van der Waals surface area contributed by atoms with Crippen LogP contribution in [0, 0.1) is 13.7 Å². The Morgan fingerprint density at radius 1 is 1.00 bits per heavy atom. The molecule has 0 saturated carbocycles. The number of nitro groups is 1. The van der Waals surface area contributed by atoms with Crippen LogP contribution in [0.25, 0.3) is 0 Å². The van der Waals surface area contributed by atoms with Gasteiger partial charge in [0.25, 0.3) is 17.5 Å². The molecule has 0 spiro atoms.